The lowest BCUT2D eigenvalue weighted by atomic mass is 9.99. The zero-order valence-electron chi connectivity index (χ0n) is 14.6. The maximum atomic E-state index is 12.3. The molecule has 0 aliphatic rings. The molecule has 28 heavy (non-hydrogen) atoms. The van der Waals surface area contributed by atoms with Crippen LogP contribution in [0.2, 0.25) is 0 Å². The van der Waals surface area contributed by atoms with Crippen LogP contribution in [0.15, 0.2) is 72.8 Å². The summed E-state index contributed by atoms with van der Waals surface area (Å²) in [5, 5.41) is 0. The third-order valence-corrected chi connectivity index (χ3v) is 3.90. The van der Waals surface area contributed by atoms with Crippen LogP contribution >= 0.6 is 0 Å². The van der Waals surface area contributed by atoms with Gasteiger partial charge in [0.25, 0.3) is 0 Å². The molecule has 144 valence electrons. The first-order valence-corrected chi connectivity index (χ1v) is 8.28. The van der Waals surface area contributed by atoms with Crippen molar-refractivity contribution in [2.75, 3.05) is 0 Å². The van der Waals surface area contributed by atoms with Crippen molar-refractivity contribution in [1.29, 1.82) is 0 Å². The average molecular weight is 387 g/mol. The van der Waals surface area contributed by atoms with Crippen LogP contribution in [0.4, 0.5) is 13.2 Å². The summed E-state index contributed by atoms with van der Waals surface area (Å²) in [5.41, 5.74) is 7.65. The van der Waals surface area contributed by atoms with E-state index < -0.39 is 12.3 Å². The molecule has 0 spiro atoms. The van der Waals surface area contributed by atoms with Crippen molar-refractivity contribution in [3.05, 3.63) is 83.9 Å². The van der Waals surface area contributed by atoms with Gasteiger partial charge in [0.2, 0.25) is 5.91 Å². The van der Waals surface area contributed by atoms with Gasteiger partial charge < -0.3 is 15.2 Å². The Morgan fingerprint density at radius 3 is 2.14 bits per heavy atom. The highest BCUT2D eigenvalue weighted by molar-refractivity contribution is 6.00. The third kappa shape index (κ3) is 5.03. The predicted octanol–water partition coefficient (Wildman–Crippen LogP) is 4.93. The van der Waals surface area contributed by atoms with Crippen molar-refractivity contribution < 1.29 is 27.4 Å². The molecule has 0 aliphatic heterocycles. The van der Waals surface area contributed by atoms with Gasteiger partial charge in [-0.3, -0.25) is 4.79 Å². The van der Waals surface area contributed by atoms with Crippen LogP contribution < -0.4 is 15.2 Å². The lowest BCUT2D eigenvalue weighted by Crippen LogP contribution is -2.17. The number of benzene rings is 3. The molecule has 0 aliphatic carbocycles. The van der Waals surface area contributed by atoms with Crippen LogP contribution in [-0.2, 0) is 6.61 Å². The number of carbonyl (C=O) groups is 1. The summed E-state index contributed by atoms with van der Waals surface area (Å²) in [6, 6.07) is 19.5. The Morgan fingerprint density at radius 2 is 1.54 bits per heavy atom. The molecule has 0 unspecified atom stereocenters. The summed E-state index contributed by atoms with van der Waals surface area (Å²) in [4.78, 5) is 11.9. The molecule has 1 amide bonds. The molecular weight excluding hydrogens is 371 g/mol. The van der Waals surface area contributed by atoms with Crippen LogP contribution in [0.3, 0.4) is 0 Å². The van der Waals surface area contributed by atoms with Crippen molar-refractivity contribution in [1.82, 2.24) is 0 Å². The number of amides is 1. The van der Waals surface area contributed by atoms with Crippen molar-refractivity contribution in [2.24, 2.45) is 5.73 Å². The zero-order chi connectivity index (χ0) is 20.1. The van der Waals surface area contributed by atoms with E-state index in [2.05, 4.69) is 4.74 Å². The van der Waals surface area contributed by atoms with Gasteiger partial charge in [0.15, 0.2) is 0 Å². The van der Waals surface area contributed by atoms with Gasteiger partial charge in [0.1, 0.15) is 18.1 Å². The number of nitrogens with two attached hydrogens (primary N) is 1. The summed E-state index contributed by atoms with van der Waals surface area (Å²) >= 11 is 0. The molecule has 3 aromatic carbocycles. The van der Waals surface area contributed by atoms with Crippen molar-refractivity contribution >= 4 is 5.91 Å². The Morgan fingerprint density at radius 1 is 0.893 bits per heavy atom. The first-order valence-electron chi connectivity index (χ1n) is 8.28. The highest BCUT2D eigenvalue weighted by Gasteiger charge is 2.31. The second kappa shape index (κ2) is 8.04. The maximum absolute atomic E-state index is 12.3. The molecular formula is C21H16F3NO3. The van der Waals surface area contributed by atoms with E-state index in [-0.39, 0.29) is 11.3 Å². The maximum Gasteiger partial charge on any atom is 0.573 e. The van der Waals surface area contributed by atoms with E-state index in [1.807, 2.05) is 30.3 Å². The molecule has 4 nitrogen and oxygen atoms in total. The fourth-order valence-electron chi connectivity index (χ4n) is 2.65. The molecule has 0 fully saturated rings. The van der Waals surface area contributed by atoms with Gasteiger partial charge in [-0.05, 0) is 47.0 Å². The molecule has 0 aromatic heterocycles. The molecule has 0 heterocycles. The largest absolute Gasteiger partial charge is 0.573 e. The van der Waals surface area contributed by atoms with Gasteiger partial charge in [0, 0.05) is 0 Å². The molecule has 0 saturated carbocycles. The minimum atomic E-state index is -4.77. The lowest BCUT2D eigenvalue weighted by Gasteiger charge is -2.12. The molecule has 0 saturated heterocycles. The topological polar surface area (TPSA) is 61.6 Å². The third-order valence-electron chi connectivity index (χ3n) is 3.90. The Hall–Kier alpha value is -3.48. The van der Waals surface area contributed by atoms with Crippen LogP contribution in [-0.4, -0.2) is 12.3 Å². The van der Waals surface area contributed by atoms with Crippen molar-refractivity contribution in [3.8, 4) is 22.6 Å². The van der Waals surface area contributed by atoms with E-state index in [9.17, 15) is 18.0 Å². The monoisotopic (exact) mass is 387 g/mol. The standard InChI is InChI=1S/C21H16F3NO3/c22-21(23,24)28-16-8-6-15(7-9-16)18-11-10-17(12-19(18)20(25)26)27-13-14-4-2-1-3-5-14/h1-12H,13H2,(H2,25,26). The summed E-state index contributed by atoms with van der Waals surface area (Å²) in [6.45, 7) is 0.321. The molecule has 7 heteroatoms. The van der Waals surface area contributed by atoms with Crippen LogP contribution in [0, 0.1) is 0 Å². The molecule has 2 N–H and O–H groups in total. The average Bonchev–Trinajstić information content (AvgIpc) is 2.66. The number of hydrogen-bond acceptors (Lipinski definition) is 3. The Bertz CT molecular complexity index is 955. The minimum absolute atomic E-state index is 0.204. The molecule has 0 bridgehead atoms. The van der Waals surface area contributed by atoms with Gasteiger partial charge >= 0.3 is 6.36 Å². The smallest absolute Gasteiger partial charge is 0.489 e. The molecule has 0 radical (unpaired) electrons. The summed E-state index contributed by atoms with van der Waals surface area (Å²) in [6.07, 6.45) is -4.77. The fraction of sp³-hybridized carbons (Fsp3) is 0.0952. The van der Waals surface area contributed by atoms with Crippen molar-refractivity contribution in [2.45, 2.75) is 13.0 Å². The Labute approximate surface area is 159 Å². The summed E-state index contributed by atoms with van der Waals surface area (Å²) in [5.74, 6) is -0.561. The first-order chi connectivity index (χ1) is 13.3. The minimum Gasteiger partial charge on any atom is -0.489 e. The van der Waals surface area contributed by atoms with E-state index in [0.29, 0.717) is 23.5 Å². The first kappa shape index (κ1) is 19.3. The number of ether oxygens (including phenoxy) is 2. The Balaban J connectivity index is 1.82. The number of carbonyl (C=O) groups excluding carboxylic acids is 1. The number of primary amides is 1. The van der Waals surface area contributed by atoms with Gasteiger partial charge in [-0.2, -0.15) is 0 Å². The quantitative estimate of drug-likeness (QED) is 0.652. The second-order valence-electron chi connectivity index (χ2n) is 5.92. The normalized spacial score (nSPS) is 11.1. The van der Waals surface area contributed by atoms with E-state index >= 15 is 0 Å². The van der Waals surface area contributed by atoms with Crippen molar-refractivity contribution in [3.63, 3.8) is 0 Å². The molecule has 3 rings (SSSR count). The van der Waals surface area contributed by atoms with Gasteiger partial charge in [-0.1, -0.05) is 42.5 Å². The highest BCUT2D eigenvalue weighted by Crippen LogP contribution is 2.30. The summed E-state index contributed by atoms with van der Waals surface area (Å²) < 4.78 is 46.4. The predicted molar refractivity (Wildman–Crippen MR) is 97.9 cm³/mol. The van der Waals surface area contributed by atoms with Crippen LogP contribution in [0.5, 0.6) is 11.5 Å². The SMILES string of the molecule is NC(=O)c1cc(OCc2ccccc2)ccc1-c1ccc(OC(F)(F)F)cc1. The number of halogens is 3. The van der Waals surface area contributed by atoms with E-state index in [1.165, 1.54) is 30.3 Å². The van der Waals surface area contributed by atoms with Crippen LogP contribution in [0.1, 0.15) is 15.9 Å². The fourth-order valence-corrected chi connectivity index (χ4v) is 2.65. The molecule has 3 aromatic rings. The van der Waals surface area contributed by atoms with Crippen LogP contribution in [0.25, 0.3) is 11.1 Å². The van der Waals surface area contributed by atoms with E-state index in [0.717, 1.165) is 5.56 Å². The highest BCUT2D eigenvalue weighted by atomic mass is 19.4. The van der Waals surface area contributed by atoms with Gasteiger partial charge in [-0.15, -0.1) is 13.2 Å². The summed E-state index contributed by atoms with van der Waals surface area (Å²) in [7, 11) is 0. The van der Waals surface area contributed by atoms with E-state index in [1.54, 1.807) is 12.1 Å². The number of rotatable bonds is 6. The number of alkyl halides is 3. The Kier molecular flexibility index (Phi) is 5.54. The van der Waals surface area contributed by atoms with Gasteiger partial charge in [-0.25, -0.2) is 0 Å². The van der Waals surface area contributed by atoms with E-state index in [4.69, 9.17) is 10.5 Å². The second-order valence-corrected chi connectivity index (χ2v) is 5.92. The lowest BCUT2D eigenvalue weighted by molar-refractivity contribution is -0.274. The van der Waals surface area contributed by atoms with Gasteiger partial charge in [0.05, 0.1) is 5.56 Å². The number of hydrogen-bond donors (Lipinski definition) is 1. The molecule has 0 atom stereocenters. The zero-order valence-corrected chi connectivity index (χ0v) is 14.6.